The molecular weight excluding hydrogens is 613 g/mol. The minimum absolute atomic E-state index is 0.126. The molecule has 0 saturated carbocycles. The van der Waals surface area contributed by atoms with E-state index in [1.165, 1.54) is 36.4 Å². The van der Waals surface area contributed by atoms with Crippen molar-refractivity contribution in [3.63, 3.8) is 0 Å². The molecule has 1 fully saturated rings. The van der Waals surface area contributed by atoms with E-state index >= 15 is 0 Å². The van der Waals surface area contributed by atoms with Gasteiger partial charge >= 0.3 is 6.01 Å². The average molecular weight is 665 g/mol. The molecule has 1 atom stereocenters. The number of hydrogen-bond donors (Lipinski definition) is 1. The Kier molecular flexibility index (Phi) is 11.4. The Bertz CT molecular complexity index is 1580. The molecule has 0 radical (unpaired) electrons. The molecule has 11 heteroatoms. The summed E-state index contributed by atoms with van der Waals surface area (Å²) in [5.74, 6) is 0.632. The first-order valence-corrected chi connectivity index (χ1v) is 18.3. The van der Waals surface area contributed by atoms with Crippen LogP contribution in [0.25, 0.3) is 0 Å². The van der Waals surface area contributed by atoms with Crippen molar-refractivity contribution in [3.8, 4) is 11.8 Å². The Hall–Kier alpha value is -3.25. The van der Waals surface area contributed by atoms with E-state index in [0.29, 0.717) is 46.0 Å². The third-order valence-corrected chi connectivity index (χ3v) is 12.1. The van der Waals surface area contributed by atoms with Gasteiger partial charge in [0, 0.05) is 31.4 Å². The largest absolute Gasteiger partial charge is 0.497 e. The number of unbranched alkanes of at least 4 members (excludes halogenated alkanes) is 1. The summed E-state index contributed by atoms with van der Waals surface area (Å²) in [7, 11) is 2.16. The zero-order valence-electron chi connectivity index (χ0n) is 29.0. The van der Waals surface area contributed by atoms with Crippen LogP contribution < -0.4 is 19.1 Å². The number of likely N-dealkylation sites (tertiary alicyclic amines) is 1. The second-order valence-electron chi connectivity index (χ2n) is 13.3. The van der Waals surface area contributed by atoms with Crippen molar-refractivity contribution in [3.05, 3.63) is 71.0 Å². The van der Waals surface area contributed by atoms with Crippen molar-refractivity contribution in [2.24, 2.45) is 0 Å². The first-order valence-electron chi connectivity index (χ1n) is 16.9. The molecule has 3 heterocycles. The summed E-state index contributed by atoms with van der Waals surface area (Å²) in [4.78, 5) is 14.3. The SMILES string of the molecule is CCCCC1(N(C)C)CCN(CCNCc2ccnc(OC[C@@H]3Cc4ccccc4N3S(=O)(=O)c3c(C)cc(OC)cc3C)n2)CC1. The third-order valence-electron chi connectivity index (χ3n) is 9.94. The molecule has 1 saturated heterocycles. The van der Waals surface area contributed by atoms with Gasteiger partial charge in [0.15, 0.2) is 0 Å². The van der Waals surface area contributed by atoms with E-state index in [9.17, 15) is 8.42 Å². The number of nitrogens with one attached hydrogen (secondary N) is 1. The Morgan fingerprint density at radius 3 is 2.49 bits per heavy atom. The Morgan fingerprint density at radius 2 is 1.81 bits per heavy atom. The maximum Gasteiger partial charge on any atom is 0.316 e. The molecule has 10 nitrogen and oxygen atoms in total. The molecule has 47 heavy (non-hydrogen) atoms. The molecule has 0 aliphatic carbocycles. The van der Waals surface area contributed by atoms with Crippen molar-refractivity contribution in [1.82, 2.24) is 25.1 Å². The highest BCUT2D eigenvalue weighted by atomic mass is 32.2. The minimum atomic E-state index is -3.90. The fraction of sp³-hybridized carbons (Fsp3) is 0.556. The zero-order valence-corrected chi connectivity index (χ0v) is 29.8. The number of piperidine rings is 1. The maximum atomic E-state index is 14.3. The Labute approximate surface area is 281 Å². The van der Waals surface area contributed by atoms with Gasteiger partial charge in [-0.2, -0.15) is 4.98 Å². The molecule has 0 unspecified atom stereocenters. The number of nitrogens with zero attached hydrogens (tertiary/aromatic N) is 5. The van der Waals surface area contributed by atoms with Crippen LogP contribution in [-0.4, -0.2) is 93.8 Å². The summed E-state index contributed by atoms with van der Waals surface area (Å²) in [6, 6.07) is 12.9. The number of rotatable bonds is 15. The minimum Gasteiger partial charge on any atom is -0.497 e. The fourth-order valence-corrected chi connectivity index (χ4v) is 9.30. The predicted octanol–water partition coefficient (Wildman–Crippen LogP) is 4.98. The summed E-state index contributed by atoms with van der Waals surface area (Å²) in [6.45, 7) is 10.8. The first-order chi connectivity index (χ1) is 22.6. The standard InChI is InChI=1S/C36H52N6O4S/c1-7-8-14-36(40(4)5)15-19-41(20-16-36)21-18-37-25-30-13-17-38-35(39-30)46-26-31-24-29-11-9-10-12-33(29)42(31)47(43,44)34-27(2)22-32(45-6)23-28(34)3/h9-13,17,22-23,31,37H,7-8,14-16,18-21,24-26H2,1-6H3/t31-/m0/s1. The smallest absolute Gasteiger partial charge is 0.316 e. The molecule has 256 valence electrons. The van der Waals surface area contributed by atoms with Gasteiger partial charge < -0.3 is 24.6 Å². The highest BCUT2D eigenvalue weighted by Gasteiger charge is 2.40. The van der Waals surface area contributed by atoms with Crippen LogP contribution in [-0.2, 0) is 23.0 Å². The highest BCUT2D eigenvalue weighted by Crippen LogP contribution is 2.39. The molecule has 2 aliphatic rings. The summed E-state index contributed by atoms with van der Waals surface area (Å²) >= 11 is 0. The third kappa shape index (κ3) is 7.91. The molecule has 0 amide bonds. The number of fused-ring (bicyclic) bond motifs is 1. The van der Waals surface area contributed by atoms with Crippen LogP contribution in [0.5, 0.6) is 11.8 Å². The molecule has 0 spiro atoms. The highest BCUT2D eigenvalue weighted by molar-refractivity contribution is 7.93. The molecule has 5 rings (SSSR count). The topological polar surface area (TPSA) is 100 Å². The van der Waals surface area contributed by atoms with Crippen molar-refractivity contribution in [2.45, 2.75) is 82.3 Å². The number of benzene rings is 2. The number of methoxy groups -OCH3 is 1. The van der Waals surface area contributed by atoms with Gasteiger partial charge in [-0.25, -0.2) is 13.4 Å². The number of anilines is 1. The van der Waals surface area contributed by atoms with E-state index in [4.69, 9.17) is 9.47 Å². The van der Waals surface area contributed by atoms with E-state index < -0.39 is 16.1 Å². The van der Waals surface area contributed by atoms with Crippen LogP contribution in [0.3, 0.4) is 0 Å². The summed E-state index contributed by atoms with van der Waals surface area (Å²) in [5.41, 5.74) is 4.11. The predicted molar refractivity (Wildman–Crippen MR) is 187 cm³/mol. The van der Waals surface area contributed by atoms with E-state index in [-0.39, 0.29) is 12.6 Å². The second-order valence-corrected chi connectivity index (χ2v) is 15.0. The maximum absolute atomic E-state index is 14.3. The van der Waals surface area contributed by atoms with Gasteiger partial charge in [-0.05, 0) is 108 Å². The lowest BCUT2D eigenvalue weighted by Crippen LogP contribution is -2.53. The zero-order chi connectivity index (χ0) is 33.6. The van der Waals surface area contributed by atoms with Crippen LogP contribution in [0.1, 0.15) is 61.4 Å². The molecular formula is C36H52N6O4S. The van der Waals surface area contributed by atoms with Crippen molar-refractivity contribution < 1.29 is 17.9 Å². The van der Waals surface area contributed by atoms with Gasteiger partial charge in [0.2, 0.25) is 0 Å². The van der Waals surface area contributed by atoms with E-state index in [1.54, 1.807) is 39.3 Å². The Balaban J connectivity index is 1.18. The normalized spacial score (nSPS) is 18.0. The first kappa shape index (κ1) is 35.1. The lowest BCUT2D eigenvalue weighted by molar-refractivity contribution is 0.0477. The van der Waals surface area contributed by atoms with Crippen molar-refractivity contribution >= 4 is 15.7 Å². The molecule has 2 aromatic carbocycles. The number of sulfonamides is 1. The van der Waals surface area contributed by atoms with E-state index in [0.717, 1.165) is 37.4 Å². The summed E-state index contributed by atoms with van der Waals surface area (Å²) in [6.07, 6.45) is 8.49. The van der Waals surface area contributed by atoms with Gasteiger partial charge in [0.25, 0.3) is 10.0 Å². The number of para-hydroxylation sites is 1. The quantitative estimate of drug-likeness (QED) is 0.226. The van der Waals surface area contributed by atoms with Gasteiger partial charge in [0.1, 0.15) is 12.4 Å². The number of hydrogen-bond acceptors (Lipinski definition) is 9. The van der Waals surface area contributed by atoms with Crippen LogP contribution in [0.15, 0.2) is 53.6 Å². The fourth-order valence-electron chi connectivity index (χ4n) is 7.21. The van der Waals surface area contributed by atoms with Crippen LogP contribution >= 0.6 is 0 Å². The van der Waals surface area contributed by atoms with Crippen molar-refractivity contribution in [1.29, 1.82) is 0 Å². The second kappa shape index (κ2) is 15.3. The van der Waals surface area contributed by atoms with Crippen LogP contribution in [0, 0.1) is 13.8 Å². The lowest BCUT2D eigenvalue weighted by atomic mass is 9.82. The number of ether oxygens (including phenoxy) is 2. The number of aromatic nitrogens is 2. The average Bonchev–Trinajstić information content (AvgIpc) is 3.44. The van der Waals surface area contributed by atoms with E-state index in [2.05, 4.69) is 46.1 Å². The van der Waals surface area contributed by atoms with Gasteiger partial charge in [-0.3, -0.25) is 4.31 Å². The monoisotopic (exact) mass is 664 g/mol. The van der Waals surface area contributed by atoms with Gasteiger partial charge in [0.05, 0.1) is 29.4 Å². The number of aryl methyl sites for hydroxylation is 2. The molecule has 1 N–H and O–H groups in total. The van der Waals surface area contributed by atoms with Crippen molar-refractivity contribution in [2.75, 3.05) is 58.3 Å². The molecule has 2 aliphatic heterocycles. The van der Waals surface area contributed by atoms with E-state index in [1.807, 2.05) is 30.3 Å². The molecule has 1 aromatic heterocycles. The summed E-state index contributed by atoms with van der Waals surface area (Å²) in [5, 5.41) is 3.53. The van der Waals surface area contributed by atoms with Crippen LogP contribution in [0.2, 0.25) is 0 Å². The Morgan fingerprint density at radius 1 is 1.09 bits per heavy atom. The lowest BCUT2D eigenvalue weighted by Gasteiger charge is -2.46. The molecule has 3 aromatic rings. The molecule has 0 bridgehead atoms. The van der Waals surface area contributed by atoms with Crippen LogP contribution in [0.4, 0.5) is 5.69 Å². The van der Waals surface area contributed by atoms with Gasteiger partial charge in [-0.15, -0.1) is 0 Å². The summed E-state index contributed by atoms with van der Waals surface area (Å²) < 4.78 is 41.5. The van der Waals surface area contributed by atoms with Gasteiger partial charge in [-0.1, -0.05) is 38.0 Å².